The van der Waals surface area contributed by atoms with E-state index >= 15 is 0 Å². The smallest absolute Gasteiger partial charge is 0.170 e. The van der Waals surface area contributed by atoms with Crippen molar-refractivity contribution in [3.05, 3.63) is 65.7 Å². The van der Waals surface area contributed by atoms with E-state index in [1.165, 1.54) is 4.90 Å². The van der Waals surface area contributed by atoms with Crippen LogP contribution in [0.5, 0.6) is 0 Å². The average molecular weight is 258 g/mol. The molecule has 3 nitrogen and oxygen atoms in total. The highest BCUT2D eigenvalue weighted by Crippen LogP contribution is 2.23. The molecule has 0 aliphatic carbocycles. The number of benzene rings is 2. The van der Waals surface area contributed by atoms with Gasteiger partial charge in [0.25, 0.3) is 0 Å². The van der Waals surface area contributed by atoms with Gasteiger partial charge < -0.3 is 10.9 Å². The Morgan fingerprint density at radius 3 is 2.44 bits per heavy atom. The Balaban J connectivity index is 2.15. The van der Waals surface area contributed by atoms with Gasteiger partial charge in [-0.25, -0.2) is 0 Å². The molecule has 0 aromatic heterocycles. The van der Waals surface area contributed by atoms with Crippen molar-refractivity contribution in [3.8, 4) is 0 Å². The van der Waals surface area contributed by atoms with Crippen molar-refractivity contribution in [1.29, 1.82) is 0 Å². The van der Waals surface area contributed by atoms with Crippen LogP contribution < -0.4 is 5.73 Å². The summed E-state index contributed by atoms with van der Waals surface area (Å²) in [7, 11) is 0. The molecule has 92 valence electrons. The molecular formula is C14H14N2OS. The van der Waals surface area contributed by atoms with E-state index < -0.39 is 0 Å². The Morgan fingerprint density at radius 1 is 1.06 bits per heavy atom. The molecule has 0 unspecified atom stereocenters. The van der Waals surface area contributed by atoms with Gasteiger partial charge in [0, 0.05) is 16.2 Å². The number of rotatable bonds is 4. The lowest BCUT2D eigenvalue weighted by Gasteiger charge is -2.07. The molecule has 2 aromatic rings. The topological polar surface area (TPSA) is 58.6 Å². The molecule has 4 heteroatoms. The van der Waals surface area contributed by atoms with Gasteiger partial charge in [-0.15, -0.1) is 11.8 Å². The second kappa shape index (κ2) is 6.12. The van der Waals surface area contributed by atoms with E-state index in [4.69, 9.17) is 10.9 Å². The number of nitrogens with two attached hydrogens (primary N) is 1. The monoisotopic (exact) mass is 258 g/mol. The van der Waals surface area contributed by atoms with Gasteiger partial charge in [0.1, 0.15) is 0 Å². The van der Waals surface area contributed by atoms with Crippen LogP contribution in [0.1, 0.15) is 11.1 Å². The van der Waals surface area contributed by atoms with Crippen LogP contribution in [0.25, 0.3) is 0 Å². The Morgan fingerprint density at radius 2 is 1.72 bits per heavy atom. The fraction of sp³-hybridized carbons (Fsp3) is 0.0714. The molecule has 0 radical (unpaired) electrons. The van der Waals surface area contributed by atoms with Gasteiger partial charge in [-0.3, -0.25) is 0 Å². The normalized spacial score (nSPS) is 11.4. The minimum absolute atomic E-state index is 0.152. The highest BCUT2D eigenvalue weighted by Gasteiger charge is 2.06. The second-order valence-electron chi connectivity index (χ2n) is 3.74. The summed E-state index contributed by atoms with van der Waals surface area (Å²) >= 11 is 1.72. The third-order valence-electron chi connectivity index (χ3n) is 2.54. The molecule has 2 aromatic carbocycles. The third kappa shape index (κ3) is 3.05. The standard InChI is InChI=1S/C14H14N2OS/c15-14(16-17)13-9-5-4-6-11(13)10-18-12-7-2-1-3-8-12/h1-9,17H,10H2,(H2,15,16). The Bertz CT molecular complexity index is 541. The van der Waals surface area contributed by atoms with Crippen LogP contribution in [0.4, 0.5) is 0 Å². The van der Waals surface area contributed by atoms with Gasteiger partial charge in [-0.05, 0) is 17.7 Å². The van der Waals surface area contributed by atoms with Crippen LogP contribution in [0.3, 0.4) is 0 Å². The van der Waals surface area contributed by atoms with E-state index in [-0.39, 0.29) is 5.84 Å². The Labute approximate surface area is 110 Å². The van der Waals surface area contributed by atoms with Crippen molar-refractivity contribution < 1.29 is 5.21 Å². The lowest BCUT2D eigenvalue weighted by molar-refractivity contribution is 0.318. The van der Waals surface area contributed by atoms with Gasteiger partial charge in [0.05, 0.1) is 0 Å². The van der Waals surface area contributed by atoms with Crippen LogP contribution in [-0.2, 0) is 5.75 Å². The maximum atomic E-state index is 8.75. The summed E-state index contributed by atoms with van der Waals surface area (Å²) in [6.07, 6.45) is 0. The van der Waals surface area contributed by atoms with E-state index in [1.54, 1.807) is 11.8 Å². The quantitative estimate of drug-likeness (QED) is 0.291. The zero-order chi connectivity index (χ0) is 12.8. The van der Waals surface area contributed by atoms with Crippen molar-refractivity contribution in [2.75, 3.05) is 0 Å². The zero-order valence-electron chi connectivity index (χ0n) is 9.78. The molecule has 0 aliphatic heterocycles. The predicted molar refractivity (Wildman–Crippen MR) is 75.0 cm³/mol. The van der Waals surface area contributed by atoms with Crippen molar-refractivity contribution in [2.45, 2.75) is 10.6 Å². The largest absolute Gasteiger partial charge is 0.409 e. The molecule has 0 amide bonds. The molecule has 2 rings (SSSR count). The molecule has 0 spiro atoms. The zero-order valence-corrected chi connectivity index (χ0v) is 10.6. The lowest BCUT2D eigenvalue weighted by Crippen LogP contribution is -2.15. The summed E-state index contributed by atoms with van der Waals surface area (Å²) in [5, 5.41) is 11.8. The van der Waals surface area contributed by atoms with Gasteiger partial charge in [-0.2, -0.15) is 0 Å². The minimum Gasteiger partial charge on any atom is -0.409 e. The second-order valence-corrected chi connectivity index (χ2v) is 4.79. The first kappa shape index (κ1) is 12.5. The summed E-state index contributed by atoms with van der Waals surface area (Å²) in [4.78, 5) is 1.20. The van der Waals surface area contributed by atoms with E-state index in [9.17, 15) is 0 Å². The van der Waals surface area contributed by atoms with Crippen molar-refractivity contribution in [1.82, 2.24) is 0 Å². The first-order valence-corrected chi connectivity index (χ1v) is 6.53. The van der Waals surface area contributed by atoms with E-state index in [2.05, 4.69) is 17.3 Å². The molecule has 0 saturated carbocycles. The SMILES string of the molecule is N/C(=N\O)c1ccccc1CSc1ccccc1. The van der Waals surface area contributed by atoms with Crippen molar-refractivity contribution in [3.63, 3.8) is 0 Å². The number of thioether (sulfide) groups is 1. The Kier molecular flexibility index (Phi) is 4.25. The number of oxime groups is 1. The summed E-state index contributed by atoms with van der Waals surface area (Å²) in [5.41, 5.74) is 7.49. The first-order valence-electron chi connectivity index (χ1n) is 5.55. The highest BCUT2D eigenvalue weighted by atomic mass is 32.2. The summed E-state index contributed by atoms with van der Waals surface area (Å²) in [6, 6.07) is 17.8. The Hall–Kier alpha value is -1.94. The van der Waals surface area contributed by atoms with Gasteiger partial charge in [0.15, 0.2) is 5.84 Å². The third-order valence-corrected chi connectivity index (χ3v) is 3.60. The van der Waals surface area contributed by atoms with Crippen molar-refractivity contribution in [2.24, 2.45) is 10.9 Å². The average Bonchev–Trinajstić information content (AvgIpc) is 2.45. The number of hydrogen-bond acceptors (Lipinski definition) is 3. The molecular weight excluding hydrogens is 244 g/mol. The van der Waals surface area contributed by atoms with Crippen LogP contribution in [0, 0.1) is 0 Å². The van der Waals surface area contributed by atoms with Crippen LogP contribution in [-0.4, -0.2) is 11.0 Å². The fourth-order valence-electron chi connectivity index (χ4n) is 1.63. The molecule has 18 heavy (non-hydrogen) atoms. The van der Waals surface area contributed by atoms with Crippen LogP contribution in [0.15, 0.2) is 64.6 Å². The van der Waals surface area contributed by atoms with Crippen molar-refractivity contribution >= 4 is 17.6 Å². The van der Waals surface area contributed by atoms with Gasteiger partial charge in [-0.1, -0.05) is 47.6 Å². The highest BCUT2D eigenvalue weighted by molar-refractivity contribution is 7.98. The molecule has 0 fully saturated rings. The summed E-state index contributed by atoms with van der Waals surface area (Å²) in [6.45, 7) is 0. The summed E-state index contributed by atoms with van der Waals surface area (Å²) < 4.78 is 0. The maximum absolute atomic E-state index is 8.75. The van der Waals surface area contributed by atoms with Gasteiger partial charge >= 0.3 is 0 Å². The predicted octanol–water partition coefficient (Wildman–Crippen LogP) is 3.07. The van der Waals surface area contributed by atoms with E-state index in [1.807, 2.05) is 42.5 Å². The molecule has 0 saturated heterocycles. The van der Waals surface area contributed by atoms with Crippen LogP contribution in [0.2, 0.25) is 0 Å². The van der Waals surface area contributed by atoms with Crippen LogP contribution >= 0.6 is 11.8 Å². The van der Waals surface area contributed by atoms with Gasteiger partial charge in [0.2, 0.25) is 0 Å². The lowest BCUT2D eigenvalue weighted by atomic mass is 10.1. The van der Waals surface area contributed by atoms with E-state index in [0.717, 1.165) is 16.9 Å². The molecule has 3 N–H and O–H groups in total. The number of amidine groups is 1. The maximum Gasteiger partial charge on any atom is 0.170 e. The number of hydrogen-bond donors (Lipinski definition) is 2. The first-order chi connectivity index (χ1) is 8.81. The fourth-order valence-corrected chi connectivity index (χ4v) is 2.55. The molecule has 0 atom stereocenters. The van der Waals surface area contributed by atoms with E-state index in [0.29, 0.717) is 0 Å². The molecule has 0 bridgehead atoms. The minimum atomic E-state index is 0.152. The number of nitrogens with zero attached hydrogens (tertiary/aromatic N) is 1. The molecule has 0 aliphatic rings. The molecule has 0 heterocycles. The summed E-state index contributed by atoms with van der Waals surface area (Å²) in [5.74, 6) is 0.940.